The van der Waals surface area contributed by atoms with Gasteiger partial charge in [0.2, 0.25) is 0 Å². The van der Waals surface area contributed by atoms with Crippen LogP contribution in [0.5, 0.6) is 0 Å². The summed E-state index contributed by atoms with van der Waals surface area (Å²) in [6.45, 7) is 10.0. The Hall–Kier alpha value is -0.0800. The minimum absolute atomic E-state index is 0.504. The molecule has 1 aliphatic heterocycles. The fraction of sp³-hybridized carbons (Fsp3) is 1.00. The molecule has 0 amide bonds. The highest BCUT2D eigenvalue weighted by Gasteiger charge is 2.59. The van der Waals surface area contributed by atoms with Crippen LogP contribution in [0.15, 0.2) is 0 Å². The van der Waals surface area contributed by atoms with Crippen molar-refractivity contribution in [2.75, 3.05) is 20.1 Å². The van der Waals surface area contributed by atoms with Gasteiger partial charge >= 0.3 is 0 Å². The Labute approximate surface area is 113 Å². The number of hydrogen-bond donors (Lipinski definition) is 1. The van der Waals surface area contributed by atoms with Crippen molar-refractivity contribution in [1.82, 2.24) is 10.2 Å². The lowest BCUT2D eigenvalue weighted by Gasteiger charge is -2.44. The van der Waals surface area contributed by atoms with Crippen molar-refractivity contribution in [1.29, 1.82) is 0 Å². The second kappa shape index (κ2) is 4.21. The van der Waals surface area contributed by atoms with Crippen LogP contribution >= 0.6 is 0 Å². The molecule has 3 fully saturated rings. The number of fused-ring (bicyclic) bond motifs is 2. The zero-order valence-electron chi connectivity index (χ0n) is 12.6. The molecule has 1 heterocycles. The summed E-state index contributed by atoms with van der Waals surface area (Å²) in [7, 11) is 2.28. The molecule has 18 heavy (non-hydrogen) atoms. The fourth-order valence-electron chi connectivity index (χ4n) is 5.30. The molecule has 0 aromatic carbocycles. The van der Waals surface area contributed by atoms with Gasteiger partial charge in [-0.05, 0) is 62.4 Å². The first kappa shape index (κ1) is 12.9. The molecule has 3 rings (SSSR count). The highest BCUT2D eigenvalue weighted by Crippen LogP contribution is 2.62. The van der Waals surface area contributed by atoms with E-state index in [1.807, 2.05) is 0 Å². The molecule has 1 saturated heterocycles. The molecule has 2 bridgehead atoms. The molecule has 104 valence electrons. The summed E-state index contributed by atoms with van der Waals surface area (Å²) < 4.78 is 0. The van der Waals surface area contributed by atoms with Crippen molar-refractivity contribution >= 4 is 0 Å². The average molecular weight is 250 g/mol. The molecule has 2 unspecified atom stereocenters. The third kappa shape index (κ3) is 1.84. The van der Waals surface area contributed by atoms with Gasteiger partial charge in [-0.1, -0.05) is 20.8 Å². The second-order valence-electron chi connectivity index (χ2n) is 8.03. The van der Waals surface area contributed by atoms with Crippen molar-refractivity contribution in [3.05, 3.63) is 0 Å². The summed E-state index contributed by atoms with van der Waals surface area (Å²) in [5.74, 6) is 0.960. The molecule has 2 aliphatic carbocycles. The van der Waals surface area contributed by atoms with Crippen molar-refractivity contribution in [3.8, 4) is 0 Å². The summed E-state index contributed by atoms with van der Waals surface area (Å²) in [6.07, 6.45) is 7.13. The zero-order chi connectivity index (χ0) is 13.0. The van der Waals surface area contributed by atoms with Crippen molar-refractivity contribution in [2.45, 2.75) is 65.0 Å². The third-order valence-corrected chi connectivity index (χ3v) is 6.50. The molecule has 2 nitrogen and oxygen atoms in total. The minimum atomic E-state index is 0.504. The van der Waals surface area contributed by atoms with E-state index in [1.54, 1.807) is 0 Å². The Kier molecular flexibility index (Phi) is 3.02. The van der Waals surface area contributed by atoms with E-state index in [1.165, 1.54) is 45.2 Å². The van der Waals surface area contributed by atoms with E-state index < -0.39 is 0 Å². The number of likely N-dealkylation sites (N-methyl/N-ethyl adjacent to an activating group) is 1. The predicted octanol–water partition coefficient (Wildman–Crippen LogP) is 2.89. The Bertz CT molecular complexity index is 320. The maximum atomic E-state index is 3.97. The van der Waals surface area contributed by atoms with Crippen LogP contribution in [0.4, 0.5) is 0 Å². The van der Waals surface area contributed by atoms with Gasteiger partial charge in [0, 0.05) is 18.6 Å². The standard InChI is InChI=1S/C16H30N2/c1-15(2)12-7-8-16(3,10-12)14(15)17-11-13-6-5-9-18(13)4/h12-14,17H,5-11H2,1-4H3/t12-,13?,14?,16+/m0/s1. The SMILES string of the molecule is CN1CCCC1CNC1C(C)(C)[C@H]2CC[C@]1(C)C2. The number of nitrogens with zero attached hydrogens (tertiary/aromatic N) is 1. The largest absolute Gasteiger partial charge is 0.311 e. The second-order valence-corrected chi connectivity index (χ2v) is 8.03. The molecule has 0 spiro atoms. The van der Waals surface area contributed by atoms with Crippen LogP contribution in [0.25, 0.3) is 0 Å². The monoisotopic (exact) mass is 250 g/mol. The molecular formula is C16H30N2. The lowest BCUT2D eigenvalue weighted by atomic mass is 9.68. The van der Waals surface area contributed by atoms with Gasteiger partial charge in [0.1, 0.15) is 0 Å². The number of nitrogens with one attached hydrogen (secondary N) is 1. The smallest absolute Gasteiger partial charge is 0.0218 e. The molecule has 3 aliphatic rings. The summed E-state index contributed by atoms with van der Waals surface area (Å²) in [5.41, 5.74) is 1.08. The first-order valence-electron chi connectivity index (χ1n) is 7.87. The lowest BCUT2D eigenvalue weighted by Crippen LogP contribution is -2.53. The van der Waals surface area contributed by atoms with Gasteiger partial charge in [-0.15, -0.1) is 0 Å². The van der Waals surface area contributed by atoms with E-state index in [9.17, 15) is 0 Å². The Morgan fingerprint density at radius 1 is 1.22 bits per heavy atom. The van der Waals surface area contributed by atoms with Crippen LogP contribution in [-0.2, 0) is 0 Å². The van der Waals surface area contributed by atoms with E-state index >= 15 is 0 Å². The van der Waals surface area contributed by atoms with E-state index in [2.05, 4.69) is 38.0 Å². The van der Waals surface area contributed by atoms with Crippen LogP contribution in [0, 0.1) is 16.7 Å². The molecular weight excluding hydrogens is 220 g/mol. The van der Waals surface area contributed by atoms with E-state index in [0.717, 1.165) is 18.0 Å². The number of hydrogen-bond acceptors (Lipinski definition) is 2. The van der Waals surface area contributed by atoms with Crippen LogP contribution in [0.1, 0.15) is 52.9 Å². The van der Waals surface area contributed by atoms with Crippen LogP contribution in [0.3, 0.4) is 0 Å². The van der Waals surface area contributed by atoms with E-state index in [-0.39, 0.29) is 0 Å². The van der Waals surface area contributed by atoms with E-state index in [0.29, 0.717) is 10.8 Å². The minimum Gasteiger partial charge on any atom is -0.311 e. The van der Waals surface area contributed by atoms with Gasteiger partial charge in [0.05, 0.1) is 0 Å². The van der Waals surface area contributed by atoms with Crippen LogP contribution < -0.4 is 5.32 Å². The topological polar surface area (TPSA) is 15.3 Å². The van der Waals surface area contributed by atoms with Crippen LogP contribution in [-0.4, -0.2) is 37.1 Å². The quantitative estimate of drug-likeness (QED) is 0.828. The van der Waals surface area contributed by atoms with Crippen LogP contribution in [0.2, 0.25) is 0 Å². The maximum Gasteiger partial charge on any atom is 0.0218 e. The normalized spacial score (nSPS) is 47.0. The Balaban J connectivity index is 1.65. The summed E-state index contributed by atoms with van der Waals surface area (Å²) in [6, 6.07) is 1.52. The molecule has 1 N–H and O–H groups in total. The van der Waals surface area contributed by atoms with Crippen molar-refractivity contribution < 1.29 is 0 Å². The molecule has 4 atom stereocenters. The lowest BCUT2D eigenvalue weighted by molar-refractivity contribution is 0.103. The average Bonchev–Trinajstić information content (AvgIpc) is 2.90. The van der Waals surface area contributed by atoms with E-state index in [4.69, 9.17) is 0 Å². The number of rotatable bonds is 3. The first-order valence-corrected chi connectivity index (χ1v) is 7.87. The predicted molar refractivity (Wildman–Crippen MR) is 76.7 cm³/mol. The molecule has 2 saturated carbocycles. The number of likely N-dealkylation sites (tertiary alicyclic amines) is 1. The highest BCUT2D eigenvalue weighted by molar-refractivity contribution is 5.12. The molecule has 2 heteroatoms. The molecule has 0 radical (unpaired) electrons. The van der Waals surface area contributed by atoms with Gasteiger partial charge in [-0.3, -0.25) is 0 Å². The highest BCUT2D eigenvalue weighted by atomic mass is 15.2. The van der Waals surface area contributed by atoms with Crippen molar-refractivity contribution in [2.24, 2.45) is 16.7 Å². The summed E-state index contributed by atoms with van der Waals surface area (Å²) in [4.78, 5) is 2.54. The van der Waals surface area contributed by atoms with Gasteiger partial charge in [0.15, 0.2) is 0 Å². The summed E-state index contributed by atoms with van der Waals surface area (Å²) >= 11 is 0. The van der Waals surface area contributed by atoms with Gasteiger partial charge in [0.25, 0.3) is 0 Å². The molecule has 0 aromatic heterocycles. The van der Waals surface area contributed by atoms with Gasteiger partial charge in [-0.2, -0.15) is 0 Å². The first-order chi connectivity index (χ1) is 8.43. The van der Waals surface area contributed by atoms with Crippen molar-refractivity contribution in [3.63, 3.8) is 0 Å². The molecule has 0 aromatic rings. The maximum absolute atomic E-state index is 3.97. The third-order valence-electron chi connectivity index (χ3n) is 6.50. The Morgan fingerprint density at radius 3 is 2.56 bits per heavy atom. The van der Waals surface area contributed by atoms with Gasteiger partial charge in [-0.25, -0.2) is 0 Å². The zero-order valence-corrected chi connectivity index (χ0v) is 12.6. The summed E-state index contributed by atoms with van der Waals surface area (Å²) in [5, 5.41) is 3.97. The fourth-order valence-corrected chi connectivity index (χ4v) is 5.30. The van der Waals surface area contributed by atoms with Gasteiger partial charge < -0.3 is 10.2 Å². The Morgan fingerprint density at radius 2 is 2.00 bits per heavy atom.